The molecule has 0 unspecified atom stereocenters. The fourth-order valence-electron chi connectivity index (χ4n) is 1.90. The summed E-state index contributed by atoms with van der Waals surface area (Å²) in [6.45, 7) is 0.226. The van der Waals surface area contributed by atoms with Crippen LogP contribution in [-0.4, -0.2) is 21.7 Å². The number of halogens is 1. The molecule has 3 aromatic rings. The second-order valence-electron chi connectivity index (χ2n) is 4.35. The lowest BCUT2D eigenvalue weighted by molar-refractivity contribution is 0.283. The molecule has 0 amide bonds. The van der Waals surface area contributed by atoms with Crippen molar-refractivity contribution >= 4 is 27.9 Å². The predicted molar refractivity (Wildman–Crippen MR) is 84.0 cm³/mol. The zero-order chi connectivity index (χ0) is 15.5. The Labute approximate surface area is 134 Å². The van der Waals surface area contributed by atoms with Crippen molar-refractivity contribution in [3.8, 4) is 11.5 Å². The third-order valence-corrected chi connectivity index (χ3v) is 4.05. The molecular formula is C14H12ClN3O3S. The number of hydrogen-bond donors (Lipinski definition) is 0. The largest absolute Gasteiger partial charge is 0.493 e. The molecule has 3 rings (SSSR count). The van der Waals surface area contributed by atoms with Gasteiger partial charge in [-0.3, -0.25) is 4.79 Å². The molecule has 0 aliphatic heterocycles. The number of alkyl halides is 1. The van der Waals surface area contributed by atoms with Gasteiger partial charge in [-0.15, -0.1) is 11.6 Å². The summed E-state index contributed by atoms with van der Waals surface area (Å²) in [7, 11) is 1.58. The topological polar surface area (TPSA) is 65.7 Å². The van der Waals surface area contributed by atoms with E-state index in [2.05, 4.69) is 10.1 Å². The first-order valence-electron chi connectivity index (χ1n) is 6.41. The fourth-order valence-corrected chi connectivity index (χ4v) is 2.87. The van der Waals surface area contributed by atoms with Crippen LogP contribution in [0.25, 0.3) is 4.96 Å². The van der Waals surface area contributed by atoms with Gasteiger partial charge in [0.15, 0.2) is 16.5 Å². The van der Waals surface area contributed by atoms with Gasteiger partial charge in [0.25, 0.3) is 5.56 Å². The number of para-hydroxylation sites is 2. The summed E-state index contributed by atoms with van der Waals surface area (Å²) in [5.41, 5.74) is 0.285. The molecule has 2 aromatic heterocycles. The van der Waals surface area contributed by atoms with E-state index in [9.17, 15) is 4.79 Å². The van der Waals surface area contributed by atoms with Crippen molar-refractivity contribution < 1.29 is 9.47 Å². The normalized spacial score (nSPS) is 10.8. The van der Waals surface area contributed by atoms with Gasteiger partial charge in [0.2, 0.25) is 4.96 Å². The second kappa shape index (κ2) is 6.33. The van der Waals surface area contributed by atoms with E-state index in [-0.39, 0.29) is 18.0 Å². The van der Waals surface area contributed by atoms with Gasteiger partial charge in [0.05, 0.1) is 18.7 Å². The Balaban J connectivity index is 1.85. The van der Waals surface area contributed by atoms with E-state index < -0.39 is 0 Å². The van der Waals surface area contributed by atoms with Crippen LogP contribution in [0.2, 0.25) is 0 Å². The number of benzene rings is 1. The van der Waals surface area contributed by atoms with E-state index in [4.69, 9.17) is 21.1 Å². The van der Waals surface area contributed by atoms with Gasteiger partial charge in [-0.2, -0.15) is 9.61 Å². The lowest BCUT2D eigenvalue weighted by Crippen LogP contribution is -2.15. The highest BCUT2D eigenvalue weighted by Crippen LogP contribution is 2.27. The van der Waals surface area contributed by atoms with E-state index in [1.807, 2.05) is 24.3 Å². The molecule has 6 nitrogen and oxygen atoms in total. The van der Waals surface area contributed by atoms with Crippen LogP contribution >= 0.6 is 22.9 Å². The summed E-state index contributed by atoms with van der Waals surface area (Å²) in [5.74, 6) is 1.45. The molecule has 1 aromatic carbocycles. The first kappa shape index (κ1) is 14.8. The number of ether oxygens (including phenoxy) is 2. The molecule has 0 spiro atoms. The molecule has 0 N–H and O–H groups in total. The Kier molecular flexibility index (Phi) is 4.26. The molecule has 0 fully saturated rings. The van der Waals surface area contributed by atoms with Crippen LogP contribution in [0.4, 0.5) is 0 Å². The average molecular weight is 338 g/mol. The van der Waals surface area contributed by atoms with E-state index in [0.717, 1.165) is 0 Å². The molecule has 0 atom stereocenters. The van der Waals surface area contributed by atoms with Crippen molar-refractivity contribution in [2.75, 3.05) is 7.11 Å². The number of nitrogens with zero attached hydrogens (tertiary/aromatic N) is 3. The molecule has 0 saturated carbocycles. The molecule has 0 aliphatic carbocycles. The molecule has 0 saturated heterocycles. The standard InChI is InChI=1S/C14H12ClN3O3S/c1-20-10-4-2-3-5-11(10)21-8-12-17-18-13(19)6-9(7-15)16-14(18)22-12/h2-6H,7-8H2,1H3. The third kappa shape index (κ3) is 2.90. The van der Waals surface area contributed by atoms with Gasteiger partial charge in [0.1, 0.15) is 6.61 Å². The molecular weight excluding hydrogens is 326 g/mol. The second-order valence-corrected chi connectivity index (χ2v) is 5.66. The molecule has 0 bridgehead atoms. The highest BCUT2D eigenvalue weighted by atomic mass is 35.5. The van der Waals surface area contributed by atoms with Gasteiger partial charge in [0, 0.05) is 6.07 Å². The molecule has 114 valence electrons. The summed E-state index contributed by atoms with van der Waals surface area (Å²) in [6.07, 6.45) is 0. The molecule has 8 heteroatoms. The van der Waals surface area contributed by atoms with Crippen LogP contribution in [-0.2, 0) is 12.5 Å². The number of fused-ring (bicyclic) bond motifs is 1. The van der Waals surface area contributed by atoms with Gasteiger partial charge >= 0.3 is 0 Å². The van der Waals surface area contributed by atoms with E-state index in [0.29, 0.717) is 27.2 Å². The predicted octanol–water partition coefficient (Wildman–Crippen LogP) is 2.48. The summed E-state index contributed by atoms with van der Waals surface area (Å²) in [6, 6.07) is 8.72. The summed E-state index contributed by atoms with van der Waals surface area (Å²) in [5, 5.41) is 4.85. The Morgan fingerprint density at radius 3 is 2.82 bits per heavy atom. The maximum Gasteiger partial charge on any atom is 0.275 e. The zero-order valence-electron chi connectivity index (χ0n) is 11.7. The van der Waals surface area contributed by atoms with Gasteiger partial charge in [-0.05, 0) is 12.1 Å². The number of methoxy groups -OCH3 is 1. The van der Waals surface area contributed by atoms with Crippen LogP contribution in [0.5, 0.6) is 11.5 Å². The van der Waals surface area contributed by atoms with Crippen LogP contribution in [0.3, 0.4) is 0 Å². The molecule has 22 heavy (non-hydrogen) atoms. The first-order valence-corrected chi connectivity index (χ1v) is 7.77. The van der Waals surface area contributed by atoms with Crippen molar-refractivity contribution in [2.45, 2.75) is 12.5 Å². The summed E-state index contributed by atoms with van der Waals surface area (Å²) in [4.78, 5) is 16.7. The number of aromatic nitrogens is 3. The van der Waals surface area contributed by atoms with Crippen LogP contribution in [0.1, 0.15) is 10.7 Å². The van der Waals surface area contributed by atoms with Crippen molar-refractivity contribution in [3.63, 3.8) is 0 Å². The molecule has 0 radical (unpaired) electrons. The monoisotopic (exact) mass is 337 g/mol. The minimum absolute atomic E-state index is 0.191. The van der Waals surface area contributed by atoms with Crippen LogP contribution in [0.15, 0.2) is 35.1 Å². The Bertz CT molecular complexity index is 862. The Morgan fingerprint density at radius 2 is 2.09 bits per heavy atom. The maximum atomic E-state index is 11.9. The smallest absolute Gasteiger partial charge is 0.275 e. The van der Waals surface area contributed by atoms with E-state index in [1.165, 1.54) is 21.9 Å². The van der Waals surface area contributed by atoms with Crippen LogP contribution < -0.4 is 15.0 Å². The van der Waals surface area contributed by atoms with Gasteiger partial charge in [-0.1, -0.05) is 23.5 Å². The van der Waals surface area contributed by atoms with Crippen molar-refractivity contribution in [2.24, 2.45) is 0 Å². The lowest BCUT2D eigenvalue weighted by atomic mass is 10.3. The third-order valence-electron chi connectivity index (χ3n) is 2.90. The lowest BCUT2D eigenvalue weighted by Gasteiger charge is -2.08. The van der Waals surface area contributed by atoms with Crippen molar-refractivity contribution in [3.05, 3.63) is 51.4 Å². The quantitative estimate of drug-likeness (QED) is 0.669. The van der Waals surface area contributed by atoms with Crippen molar-refractivity contribution in [1.82, 2.24) is 14.6 Å². The average Bonchev–Trinajstić information content (AvgIpc) is 2.96. The van der Waals surface area contributed by atoms with E-state index >= 15 is 0 Å². The van der Waals surface area contributed by atoms with Gasteiger partial charge in [-0.25, -0.2) is 4.98 Å². The minimum atomic E-state index is -0.250. The summed E-state index contributed by atoms with van der Waals surface area (Å²) < 4.78 is 12.2. The fraction of sp³-hybridized carbons (Fsp3) is 0.214. The zero-order valence-corrected chi connectivity index (χ0v) is 13.2. The van der Waals surface area contributed by atoms with Crippen molar-refractivity contribution in [1.29, 1.82) is 0 Å². The molecule has 0 aliphatic rings. The number of hydrogen-bond acceptors (Lipinski definition) is 6. The van der Waals surface area contributed by atoms with Gasteiger partial charge < -0.3 is 9.47 Å². The highest BCUT2D eigenvalue weighted by molar-refractivity contribution is 7.16. The maximum absolute atomic E-state index is 11.9. The summed E-state index contributed by atoms with van der Waals surface area (Å²) >= 11 is 7.01. The Hall–Kier alpha value is -2.12. The number of rotatable bonds is 5. The molecule has 2 heterocycles. The van der Waals surface area contributed by atoms with Crippen LogP contribution in [0, 0.1) is 0 Å². The van der Waals surface area contributed by atoms with E-state index in [1.54, 1.807) is 7.11 Å². The highest BCUT2D eigenvalue weighted by Gasteiger charge is 2.10. The SMILES string of the molecule is COc1ccccc1OCc1nn2c(=O)cc(CCl)nc2s1. The Morgan fingerprint density at radius 1 is 1.32 bits per heavy atom. The minimum Gasteiger partial charge on any atom is -0.493 e. The first-order chi connectivity index (χ1) is 10.7.